The number of nitrogens with one attached hydrogen (secondary N) is 1. The summed E-state index contributed by atoms with van der Waals surface area (Å²) in [6.45, 7) is 0. The molecule has 0 fully saturated rings. The molecule has 0 saturated heterocycles. The molecule has 0 radical (unpaired) electrons. The lowest BCUT2D eigenvalue weighted by molar-refractivity contribution is -0.385. The number of hydrogen-bond donors (Lipinski definition) is 2. The zero-order valence-corrected chi connectivity index (χ0v) is 11.8. The molecule has 0 aliphatic carbocycles. The largest absolute Gasteiger partial charge is 0.480 e. The predicted molar refractivity (Wildman–Crippen MR) is 73.5 cm³/mol. The number of rotatable bonds is 7. The van der Waals surface area contributed by atoms with Crippen molar-refractivity contribution in [3.05, 3.63) is 28.4 Å². The molecule has 10 heteroatoms. The number of carbonyl (C=O) groups is 1. The van der Waals surface area contributed by atoms with Gasteiger partial charge in [-0.3, -0.25) is 20.0 Å². The van der Waals surface area contributed by atoms with Crippen molar-refractivity contribution in [3.8, 4) is 0 Å². The quantitative estimate of drug-likeness (QED) is 0.338. The molecule has 98 valence electrons. The van der Waals surface area contributed by atoms with Crippen molar-refractivity contribution in [2.75, 3.05) is 5.75 Å². The molecule has 0 aromatic carbocycles. The van der Waals surface area contributed by atoms with Gasteiger partial charge >= 0.3 is 5.97 Å². The minimum absolute atomic E-state index is 0.0700. The van der Waals surface area contributed by atoms with Crippen molar-refractivity contribution in [2.24, 2.45) is 0 Å². The first-order valence-corrected chi connectivity index (χ1v) is 7.53. The molecule has 18 heavy (non-hydrogen) atoms. The molecule has 1 heterocycles. The lowest BCUT2D eigenvalue weighted by Crippen LogP contribution is -2.32. The summed E-state index contributed by atoms with van der Waals surface area (Å²) in [5.74, 6) is -0.586. The molecule has 0 aliphatic rings. The molecular weight excluding hydrogens is 297 g/mol. The first-order chi connectivity index (χ1) is 8.54. The van der Waals surface area contributed by atoms with Gasteiger partial charge in [0, 0.05) is 11.8 Å². The molecule has 1 rings (SSSR count). The zero-order chi connectivity index (χ0) is 13.5. The van der Waals surface area contributed by atoms with Crippen LogP contribution in [0.4, 0.5) is 5.69 Å². The summed E-state index contributed by atoms with van der Waals surface area (Å²) in [6.07, 6.45) is 1.17. The Balaban J connectivity index is 2.44. The Morgan fingerprint density at radius 2 is 2.39 bits per heavy atom. The molecule has 2 N–H and O–H groups in total. The smallest absolute Gasteiger partial charge is 0.321 e. The SMILES string of the molecule is O=C(O)[C@H](CSSc1ccc([N+](=O)[O-])cn1)NP. The van der Waals surface area contributed by atoms with Gasteiger partial charge in [-0.25, -0.2) is 4.98 Å². The van der Waals surface area contributed by atoms with Gasteiger partial charge in [0.25, 0.3) is 5.69 Å². The first-order valence-electron chi connectivity index (χ1n) is 4.63. The highest BCUT2D eigenvalue weighted by molar-refractivity contribution is 8.76. The minimum atomic E-state index is -0.935. The van der Waals surface area contributed by atoms with E-state index in [9.17, 15) is 14.9 Å². The molecule has 1 unspecified atom stereocenters. The standard InChI is InChI=1S/C8H10N3O4PS2/c12-8(13)6(10-16)4-17-18-7-2-1-5(3-9-7)11(14)15/h1-3,6,10H,4,16H2,(H,12,13)/t6-/m0/s1. The number of aliphatic carboxylic acids is 1. The van der Waals surface area contributed by atoms with Gasteiger partial charge < -0.3 is 5.11 Å². The topological polar surface area (TPSA) is 105 Å². The number of carboxylic acid groups (broad SMARTS) is 1. The molecule has 1 aromatic rings. The molecular formula is C8H10N3O4PS2. The fraction of sp³-hybridized carbons (Fsp3) is 0.250. The third kappa shape index (κ3) is 4.77. The van der Waals surface area contributed by atoms with Crippen molar-refractivity contribution in [1.29, 1.82) is 0 Å². The van der Waals surface area contributed by atoms with Crippen LogP contribution in [0.2, 0.25) is 0 Å². The van der Waals surface area contributed by atoms with Crippen LogP contribution in [-0.2, 0) is 4.79 Å². The van der Waals surface area contributed by atoms with Gasteiger partial charge in [-0.2, -0.15) is 0 Å². The third-order valence-electron chi connectivity index (χ3n) is 1.81. The van der Waals surface area contributed by atoms with E-state index in [-0.39, 0.29) is 5.69 Å². The maximum Gasteiger partial charge on any atom is 0.321 e. The van der Waals surface area contributed by atoms with E-state index in [1.54, 1.807) is 0 Å². The van der Waals surface area contributed by atoms with Crippen LogP contribution < -0.4 is 5.09 Å². The number of pyridine rings is 1. The Labute approximate surface area is 113 Å². The Kier molecular flexibility index (Phi) is 6.34. The number of carboxylic acids is 1. The molecule has 0 saturated carbocycles. The predicted octanol–water partition coefficient (Wildman–Crippen LogP) is 1.56. The van der Waals surface area contributed by atoms with Crippen LogP contribution in [0.5, 0.6) is 0 Å². The second-order valence-corrected chi connectivity index (χ2v) is 5.73. The lowest BCUT2D eigenvalue weighted by Gasteiger charge is -2.08. The number of hydrogen-bond acceptors (Lipinski definition) is 7. The van der Waals surface area contributed by atoms with Gasteiger partial charge in [-0.05, 0) is 16.9 Å². The van der Waals surface area contributed by atoms with E-state index in [2.05, 4.69) is 19.5 Å². The summed E-state index contributed by atoms with van der Waals surface area (Å²) in [5.41, 5.74) is -0.0700. The first kappa shape index (κ1) is 15.2. The fourth-order valence-electron chi connectivity index (χ4n) is 0.883. The number of aromatic nitrogens is 1. The molecule has 0 aliphatic heterocycles. The van der Waals surface area contributed by atoms with E-state index in [1.165, 1.54) is 39.9 Å². The summed E-state index contributed by atoms with van der Waals surface area (Å²) < 4.78 is 0. The second kappa shape index (κ2) is 7.52. The van der Waals surface area contributed by atoms with E-state index in [4.69, 9.17) is 5.11 Å². The van der Waals surface area contributed by atoms with Crippen LogP contribution in [0.15, 0.2) is 23.4 Å². The van der Waals surface area contributed by atoms with Crippen LogP contribution in [0.3, 0.4) is 0 Å². The lowest BCUT2D eigenvalue weighted by atomic mass is 10.4. The van der Waals surface area contributed by atoms with Gasteiger partial charge in [0.1, 0.15) is 17.3 Å². The van der Waals surface area contributed by atoms with Crippen molar-refractivity contribution >= 4 is 42.6 Å². The van der Waals surface area contributed by atoms with Gasteiger partial charge in [0.05, 0.1) is 4.92 Å². The van der Waals surface area contributed by atoms with Crippen LogP contribution in [0.1, 0.15) is 0 Å². The Morgan fingerprint density at radius 3 is 2.83 bits per heavy atom. The summed E-state index contributed by atoms with van der Waals surface area (Å²) in [4.78, 5) is 24.5. The maximum absolute atomic E-state index is 10.7. The van der Waals surface area contributed by atoms with Gasteiger partial charge in [-0.15, -0.1) is 0 Å². The molecule has 1 aromatic heterocycles. The number of nitrogens with zero attached hydrogens (tertiary/aromatic N) is 2. The second-order valence-electron chi connectivity index (χ2n) is 3.04. The maximum atomic E-state index is 10.7. The molecule has 0 bridgehead atoms. The van der Waals surface area contributed by atoms with Crippen LogP contribution >= 0.6 is 31.0 Å². The average Bonchev–Trinajstić information content (AvgIpc) is 2.34. The molecule has 2 atom stereocenters. The van der Waals surface area contributed by atoms with Crippen molar-refractivity contribution < 1.29 is 14.8 Å². The fourth-order valence-corrected chi connectivity index (χ4v) is 3.37. The summed E-state index contributed by atoms with van der Waals surface area (Å²) in [5, 5.41) is 22.4. The molecule has 7 nitrogen and oxygen atoms in total. The normalized spacial score (nSPS) is 12.1. The molecule has 0 spiro atoms. The van der Waals surface area contributed by atoms with Crippen molar-refractivity contribution in [3.63, 3.8) is 0 Å². The van der Waals surface area contributed by atoms with Crippen molar-refractivity contribution in [1.82, 2.24) is 10.1 Å². The summed E-state index contributed by atoms with van der Waals surface area (Å²) in [6, 6.07) is 2.23. The van der Waals surface area contributed by atoms with E-state index in [0.29, 0.717) is 10.8 Å². The van der Waals surface area contributed by atoms with Gasteiger partial charge in [0.2, 0.25) is 0 Å². The highest BCUT2D eigenvalue weighted by Crippen LogP contribution is 2.30. The van der Waals surface area contributed by atoms with Gasteiger partial charge in [-0.1, -0.05) is 20.2 Å². The summed E-state index contributed by atoms with van der Waals surface area (Å²) in [7, 11) is 4.74. The highest BCUT2D eigenvalue weighted by atomic mass is 33.1. The summed E-state index contributed by atoms with van der Waals surface area (Å²) >= 11 is 0. The number of nitro groups is 1. The van der Waals surface area contributed by atoms with Crippen LogP contribution in [0, 0.1) is 10.1 Å². The Morgan fingerprint density at radius 1 is 1.67 bits per heavy atom. The highest BCUT2D eigenvalue weighted by Gasteiger charge is 2.15. The van der Waals surface area contributed by atoms with Gasteiger partial charge in [0.15, 0.2) is 0 Å². The van der Waals surface area contributed by atoms with E-state index in [1.807, 2.05) is 0 Å². The average molecular weight is 307 g/mol. The third-order valence-corrected chi connectivity index (χ3v) is 4.49. The molecule has 0 amide bonds. The van der Waals surface area contributed by atoms with Crippen LogP contribution in [-0.4, -0.2) is 32.8 Å². The minimum Gasteiger partial charge on any atom is -0.480 e. The zero-order valence-electron chi connectivity index (χ0n) is 8.98. The monoisotopic (exact) mass is 307 g/mol. The van der Waals surface area contributed by atoms with E-state index < -0.39 is 16.9 Å². The Hall–Kier alpha value is -0.890. The van der Waals surface area contributed by atoms with Crippen molar-refractivity contribution in [2.45, 2.75) is 11.1 Å². The Bertz CT molecular complexity index is 431. The van der Waals surface area contributed by atoms with Crippen LogP contribution in [0.25, 0.3) is 0 Å². The van der Waals surface area contributed by atoms with E-state index >= 15 is 0 Å². The van der Waals surface area contributed by atoms with E-state index in [0.717, 1.165) is 0 Å².